The lowest BCUT2D eigenvalue weighted by molar-refractivity contribution is 0.440. The Labute approximate surface area is 99.7 Å². The lowest BCUT2D eigenvalue weighted by Gasteiger charge is -2.04. The molecule has 0 aliphatic carbocycles. The van der Waals surface area contributed by atoms with Crippen LogP contribution in [-0.4, -0.2) is 12.0 Å². The van der Waals surface area contributed by atoms with Crippen LogP contribution in [0.4, 0.5) is 4.39 Å². The van der Waals surface area contributed by atoms with Gasteiger partial charge >= 0.3 is 0 Å². The number of hydrogen-bond donors (Lipinski definition) is 1. The topological polar surface area (TPSA) is 38.1 Å². The summed E-state index contributed by atoms with van der Waals surface area (Å²) in [6.07, 6.45) is 1.55. The van der Waals surface area contributed by atoms with Crippen LogP contribution in [0.1, 0.15) is 24.4 Å². The molecule has 0 radical (unpaired) electrons. The molecule has 90 valence electrons. The van der Waals surface area contributed by atoms with Crippen LogP contribution < -0.4 is 5.32 Å². The van der Waals surface area contributed by atoms with E-state index in [1.165, 1.54) is 6.07 Å². The first-order valence-electron chi connectivity index (χ1n) is 5.51. The molecular weight excluding hydrogens is 219 g/mol. The Bertz CT molecular complexity index is 522. The van der Waals surface area contributed by atoms with Gasteiger partial charge in [0.15, 0.2) is 5.76 Å². The van der Waals surface area contributed by atoms with E-state index in [1.54, 1.807) is 12.3 Å². The molecule has 1 unspecified atom stereocenters. The highest BCUT2D eigenvalue weighted by Crippen LogP contribution is 2.25. The van der Waals surface area contributed by atoms with Gasteiger partial charge in [-0.25, -0.2) is 9.37 Å². The maximum Gasteiger partial charge on any atom is 0.211 e. The van der Waals surface area contributed by atoms with Crippen LogP contribution in [0, 0.1) is 12.7 Å². The van der Waals surface area contributed by atoms with Gasteiger partial charge < -0.3 is 9.73 Å². The number of nitrogens with zero attached hydrogens (tertiary/aromatic N) is 1. The number of hydrogen-bond acceptors (Lipinski definition) is 3. The number of nitrogens with one attached hydrogen (secondary N) is 1. The van der Waals surface area contributed by atoms with E-state index in [9.17, 15) is 4.39 Å². The van der Waals surface area contributed by atoms with Crippen molar-refractivity contribution in [2.75, 3.05) is 7.05 Å². The van der Waals surface area contributed by atoms with Gasteiger partial charge in [-0.2, -0.15) is 0 Å². The predicted octanol–water partition coefficient (Wildman–Crippen LogP) is 3.07. The first kappa shape index (κ1) is 11.8. The second-order valence-electron chi connectivity index (χ2n) is 4.06. The lowest BCUT2D eigenvalue weighted by Crippen LogP contribution is -2.12. The Morgan fingerprint density at radius 1 is 1.41 bits per heavy atom. The average Bonchev–Trinajstić information content (AvgIpc) is 2.77. The van der Waals surface area contributed by atoms with Gasteiger partial charge in [-0.05, 0) is 38.6 Å². The van der Waals surface area contributed by atoms with Gasteiger partial charge in [0.05, 0.1) is 17.8 Å². The molecule has 2 aromatic rings. The fraction of sp³-hybridized carbons (Fsp3) is 0.308. The number of halogens is 1. The third-order valence-corrected chi connectivity index (χ3v) is 2.72. The molecule has 1 heterocycles. The van der Waals surface area contributed by atoms with E-state index in [4.69, 9.17) is 4.42 Å². The zero-order chi connectivity index (χ0) is 12.4. The first-order valence-corrected chi connectivity index (χ1v) is 5.51. The molecular formula is C13H15FN2O. The van der Waals surface area contributed by atoms with Crippen LogP contribution in [0.5, 0.6) is 0 Å². The van der Waals surface area contributed by atoms with Gasteiger partial charge in [0.25, 0.3) is 0 Å². The molecule has 1 N–H and O–H groups in total. The molecule has 1 atom stereocenters. The Morgan fingerprint density at radius 2 is 2.18 bits per heavy atom. The molecule has 2 rings (SSSR count). The quantitative estimate of drug-likeness (QED) is 0.886. The van der Waals surface area contributed by atoms with E-state index in [2.05, 4.69) is 10.3 Å². The molecule has 1 aromatic carbocycles. The summed E-state index contributed by atoms with van der Waals surface area (Å²) >= 11 is 0. The summed E-state index contributed by atoms with van der Waals surface area (Å²) in [5, 5.41) is 3.02. The van der Waals surface area contributed by atoms with Crippen molar-refractivity contribution in [3.63, 3.8) is 0 Å². The highest BCUT2D eigenvalue weighted by atomic mass is 19.1. The molecule has 17 heavy (non-hydrogen) atoms. The Morgan fingerprint density at radius 3 is 2.82 bits per heavy atom. The first-order chi connectivity index (χ1) is 8.11. The number of rotatable bonds is 3. The molecule has 0 aliphatic rings. The van der Waals surface area contributed by atoms with Gasteiger partial charge in [-0.3, -0.25) is 0 Å². The van der Waals surface area contributed by atoms with E-state index < -0.39 is 0 Å². The molecule has 3 nitrogen and oxygen atoms in total. The monoisotopic (exact) mass is 234 g/mol. The predicted molar refractivity (Wildman–Crippen MR) is 64.1 cm³/mol. The number of aromatic nitrogens is 1. The third-order valence-electron chi connectivity index (χ3n) is 2.72. The van der Waals surface area contributed by atoms with Crippen molar-refractivity contribution in [2.45, 2.75) is 19.9 Å². The normalized spacial score (nSPS) is 12.7. The summed E-state index contributed by atoms with van der Waals surface area (Å²) in [5.41, 5.74) is 1.33. The SMILES string of the molecule is CNC(C)c1ncc(-c2ccc(C)cc2F)o1. The molecule has 4 heteroatoms. The molecule has 0 fully saturated rings. The summed E-state index contributed by atoms with van der Waals surface area (Å²) in [6.45, 7) is 3.78. The van der Waals surface area contributed by atoms with Gasteiger partial charge in [0.1, 0.15) is 5.82 Å². The van der Waals surface area contributed by atoms with Gasteiger partial charge in [-0.1, -0.05) is 6.07 Å². The molecule has 0 bridgehead atoms. The fourth-order valence-electron chi connectivity index (χ4n) is 1.56. The molecule has 0 spiro atoms. The molecule has 0 saturated heterocycles. The minimum atomic E-state index is -0.287. The largest absolute Gasteiger partial charge is 0.439 e. The molecule has 0 amide bonds. The van der Waals surface area contributed by atoms with E-state index in [-0.39, 0.29) is 11.9 Å². The minimum absolute atomic E-state index is 0.0114. The van der Waals surface area contributed by atoms with Crippen LogP contribution in [-0.2, 0) is 0 Å². The van der Waals surface area contributed by atoms with Crippen LogP contribution in [0.2, 0.25) is 0 Å². The molecule has 0 aliphatic heterocycles. The van der Waals surface area contributed by atoms with Crippen molar-refractivity contribution in [3.05, 3.63) is 41.7 Å². The van der Waals surface area contributed by atoms with E-state index in [1.807, 2.05) is 27.0 Å². The van der Waals surface area contributed by atoms with Crippen LogP contribution in [0.15, 0.2) is 28.8 Å². The van der Waals surface area contributed by atoms with Crippen molar-refractivity contribution in [1.29, 1.82) is 0 Å². The highest BCUT2D eigenvalue weighted by molar-refractivity contribution is 5.57. The van der Waals surface area contributed by atoms with E-state index in [0.717, 1.165) is 5.56 Å². The molecule has 0 saturated carbocycles. The summed E-state index contributed by atoms with van der Waals surface area (Å²) < 4.78 is 19.3. The second kappa shape index (κ2) is 4.67. The van der Waals surface area contributed by atoms with Gasteiger partial charge in [-0.15, -0.1) is 0 Å². The maximum atomic E-state index is 13.7. The van der Waals surface area contributed by atoms with Crippen molar-refractivity contribution in [2.24, 2.45) is 0 Å². The second-order valence-corrected chi connectivity index (χ2v) is 4.06. The van der Waals surface area contributed by atoms with E-state index in [0.29, 0.717) is 17.2 Å². The van der Waals surface area contributed by atoms with Crippen molar-refractivity contribution >= 4 is 0 Å². The summed E-state index contributed by atoms with van der Waals surface area (Å²) in [6, 6.07) is 5.05. The number of benzene rings is 1. The van der Waals surface area contributed by atoms with Crippen LogP contribution in [0.25, 0.3) is 11.3 Å². The van der Waals surface area contributed by atoms with Crippen LogP contribution >= 0.6 is 0 Å². The number of aryl methyl sites for hydroxylation is 1. The summed E-state index contributed by atoms with van der Waals surface area (Å²) in [5.74, 6) is 0.729. The van der Waals surface area contributed by atoms with Gasteiger partial charge in [0, 0.05) is 0 Å². The average molecular weight is 234 g/mol. The third kappa shape index (κ3) is 2.36. The molecule has 1 aromatic heterocycles. The van der Waals surface area contributed by atoms with Crippen molar-refractivity contribution in [3.8, 4) is 11.3 Å². The van der Waals surface area contributed by atoms with Crippen molar-refractivity contribution in [1.82, 2.24) is 10.3 Å². The van der Waals surface area contributed by atoms with Gasteiger partial charge in [0.2, 0.25) is 5.89 Å². The summed E-state index contributed by atoms with van der Waals surface area (Å²) in [4.78, 5) is 4.13. The zero-order valence-corrected chi connectivity index (χ0v) is 10.1. The van der Waals surface area contributed by atoms with Crippen molar-refractivity contribution < 1.29 is 8.81 Å². The number of oxazole rings is 1. The smallest absolute Gasteiger partial charge is 0.211 e. The maximum absolute atomic E-state index is 13.7. The minimum Gasteiger partial charge on any atom is -0.439 e. The van der Waals surface area contributed by atoms with E-state index >= 15 is 0 Å². The van der Waals surface area contributed by atoms with Crippen LogP contribution in [0.3, 0.4) is 0 Å². The fourth-order valence-corrected chi connectivity index (χ4v) is 1.56. The Hall–Kier alpha value is -1.68. The Balaban J connectivity index is 2.37. The standard InChI is InChI=1S/C13H15FN2O/c1-8-4-5-10(11(14)6-8)12-7-16-13(17-12)9(2)15-3/h4-7,9,15H,1-3H3. The lowest BCUT2D eigenvalue weighted by atomic mass is 10.1. The highest BCUT2D eigenvalue weighted by Gasteiger charge is 2.14. The zero-order valence-electron chi connectivity index (χ0n) is 10.1. The summed E-state index contributed by atoms with van der Waals surface area (Å²) in [7, 11) is 1.82. The Kier molecular flexibility index (Phi) is 3.24.